The van der Waals surface area contributed by atoms with Crippen molar-refractivity contribution in [1.82, 2.24) is 4.90 Å². The van der Waals surface area contributed by atoms with Gasteiger partial charge in [-0.1, -0.05) is 6.07 Å². The van der Waals surface area contributed by atoms with E-state index in [9.17, 15) is 5.11 Å². The summed E-state index contributed by atoms with van der Waals surface area (Å²) < 4.78 is 5.47. The highest BCUT2D eigenvalue weighted by Gasteiger charge is 2.34. The summed E-state index contributed by atoms with van der Waals surface area (Å²) in [5.41, 5.74) is 3.98. The Morgan fingerprint density at radius 3 is 3.04 bits per heavy atom. The highest BCUT2D eigenvalue weighted by Crippen LogP contribution is 2.45. The number of fused-ring (bicyclic) bond motifs is 4. The number of ether oxygens (including phenoxy) is 1. The van der Waals surface area contributed by atoms with E-state index in [1.165, 1.54) is 22.4 Å². The maximum Gasteiger partial charge on any atom is 0.165 e. The van der Waals surface area contributed by atoms with E-state index in [-0.39, 0.29) is 5.75 Å². The molecule has 1 atom stereocenters. The lowest BCUT2D eigenvalue weighted by atomic mass is 9.86. The van der Waals surface area contributed by atoms with E-state index in [2.05, 4.69) is 17.0 Å². The lowest BCUT2D eigenvalue weighted by Gasteiger charge is -2.40. The summed E-state index contributed by atoms with van der Waals surface area (Å²) in [6, 6.07) is 6.73. The number of aromatic hydroxyl groups is 1. The average Bonchev–Trinajstić information content (AvgIpc) is 3.04. The van der Waals surface area contributed by atoms with Gasteiger partial charge in [-0.25, -0.2) is 0 Å². The van der Waals surface area contributed by atoms with Crippen LogP contribution < -0.4 is 4.74 Å². The lowest BCUT2D eigenvalue weighted by molar-refractivity contribution is 0.159. The minimum Gasteiger partial charge on any atom is -0.504 e. The molecule has 0 fully saturated rings. The van der Waals surface area contributed by atoms with Crippen LogP contribution in [0.4, 0.5) is 0 Å². The van der Waals surface area contributed by atoms with Crippen LogP contribution in [0.3, 0.4) is 0 Å². The molecule has 1 aromatic heterocycles. The third-order valence-electron chi connectivity index (χ3n) is 5.44. The van der Waals surface area contributed by atoms with Gasteiger partial charge in [-0.2, -0.15) is 0 Å². The van der Waals surface area contributed by atoms with E-state index in [4.69, 9.17) is 16.3 Å². The Hall–Kier alpha value is -1.23. The van der Waals surface area contributed by atoms with Crippen LogP contribution in [-0.4, -0.2) is 29.5 Å². The number of alkyl halides is 1. The molecule has 1 unspecified atom stereocenters. The van der Waals surface area contributed by atoms with Crippen molar-refractivity contribution in [3.63, 3.8) is 0 Å². The number of thiophene rings is 1. The maximum atomic E-state index is 10.1. The number of hydrogen-bond donors (Lipinski definition) is 1. The largest absolute Gasteiger partial charge is 0.504 e. The molecule has 0 bridgehead atoms. The van der Waals surface area contributed by atoms with Crippen LogP contribution in [0.15, 0.2) is 18.2 Å². The molecule has 2 aliphatic heterocycles. The van der Waals surface area contributed by atoms with Gasteiger partial charge in [-0.05, 0) is 55.4 Å². The van der Waals surface area contributed by atoms with Crippen LogP contribution in [0.2, 0.25) is 0 Å². The van der Waals surface area contributed by atoms with Gasteiger partial charge in [0.2, 0.25) is 0 Å². The molecule has 0 amide bonds. The topological polar surface area (TPSA) is 32.7 Å². The van der Waals surface area contributed by atoms with Crippen molar-refractivity contribution in [3.05, 3.63) is 44.6 Å². The molecule has 0 spiro atoms. The molecule has 0 saturated heterocycles. The van der Waals surface area contributed by atoms with Crippen molar-refractivity contribution >= 4 is 22.9 Å². The molecule has 25 heavy (non-hydrogen) atoms. The Morgan fingerprint density at radius 1 is 1.36 bits per heavy atom. The van der Waals surface area contributed by atoms with Crippen molar-refractivity contribution in [2.75, 3.05) is 19.5 Å². The summed E-state index contributed by atoms with van der Waals surface area (Å²) in [5, 5.41) is 10.1. The van der Waals surface area contributed by atoms with E-state index >= 15 is 0 Å². The fourth-order valence-electron chi connectivity index (χ4n) is 4.18. The normalized spacial score (nSPS) is 19.2. The van der Waals surface area contributed by atoms with Crippen molar-refractivity contribution in [1.29, 1.82) is 0 Å². The second-order valence-corrected chi connectivity index (χ2v) is 8.53. The number of benzene rings is 1. The number of methoxy groups -OCH3 is 1. The van der Waals surface area contributed by atoms with Crippen LogP contribution in [0.5, 0.6) is 11.5 Å². The minimum atomic E-state index is 0.245. The van der Waals surface area contributed by atoms with E-state index in [1.807, 2.05) is 11.3 Å². The summed E-state index contributed by atoms with van der Waals surface area (Å²) >= 11 is 7.81. The number of unbranched alkanes of at least 4 members (excludes halogenated alkanes) is 1. The van der Waals surface area contributed by atoms with Crippen molar-refractivity contribution < 1.29 is 9.84 Å². The standard InChI is InChI=1S/C20H24ClNO2S/c1-24-20-16-12-22-9-7-19-15(11-14(25-19)4-2-3-8-21)17(22)10-13(16)5-6-18(20)23/h5-6,11,17,23H,2-4,7-10,12H2,1H3. The number of aryl methyl sites for hydroxylation is 1. The molecule has 1 aromatic carbocycles. The average molecular weight is 378 g/mol. The molecular formula is C20H24ClNO2S. The smallest absolute Gasteiger partial charge is 0.165 e. The summed E-state index contributed by atoms with van der Waals surface area (Å²) in [7, 11) is 1.64. The molecule has 1 N–H and O–H groups in total. The highest BCUT2D eigenvalue weighted by atomic mass is 35.5. The van der Waals surface area contributed by atoms with Crippen LogP contribution in [0.1, 0.15) is 45.3 Å². The number of phenols is 1. The van der Waals surface area contributed by atoms with Gasteiger partial charge < -0.3 is 9.84 Å². The zero-order chi connectivity index (χ0) is 17.4. The third kappa shape index (κ3) is 3.16. The molecular weight excluding hydrogens is 354 g/mol. The minimum absolute atomic E-state index is 0.245. The van der Waals surface area contributed by atoms with Gasteiger partial charge >= 0.3 is 0 Å². The number of phenolic OH excluding ortho intramolecular Hbond substituents is 1. The zero-order valence-corrected chi connectivity index (χ0v) is 16.1. The number of rotatable bonds is 5. The van der Waals surface area contributed by atoms with Crippen LogP contribution in [0, 0.1) is 0 Å². The van der Waals surface area contributed by atoms with Gasteiger partial charge in [0.1, 0.15) is 0 Å². The van der Waals surface area contributed by atoms with E-state index in [0.717, 1.165) is 50.2 Å². The molecule has 2 aromatic rings. The van der Waals surface area contributed by atoms with Gasteiger partial charge in [0.05, 0.1) is 7.11 Å². The van der Waals surface area contributed by atoms with Crippen LogP contribution in [0.25, 0.3) is 0 Å². The molecule has 3 heterocycles. The molecule has 0 radical (unpaired) electrons. The monoisotopic (exact) mass is 377 g/mol. The second kappa shape index (κ2) is 7.18. The van der Waals surface area contributed by atoms with Gasteiger partial charge in [0.25, 0.3) is 0 Å². The summed E-state index contributed by atoms with van der Waals surface area (Å²) in [4.78, 5) is 5.62. The highest BCUT2D eigenvalue weighted by molar-refractivity contribution is 7.12. The third-order valence-corrected chi connectivity index (χ3v) is 6.98. The molecule has 5 heteroatoms. The summed E-state index contributed by atoms with van der Waals surface area (Å²) in [6.07, 6.45) is 5.54. The van der Waals surface area contributed by atoms with Gasteiger partial charge in [-0.15, -0.1) is 22.9 Å². The number of halogens is 1. The molecule has 4 rings (SSSR count). The van der Waals surface area contributed by atoms with Crippen LogP contribution >= 0.6 is 22.9 Å². The van der Waals surface area contributed by atoms with E-state index in [1.54, 1.807) is 18.1 Å². The Labute approximate surface area is 158 Å². The number of nitrogens with zero attached hydrogens (tertiary/aromatic N) is 1. The summed E-state index contributed by atoms with van der Waals surface area (Å²) in [6.45, 7) is 1.94. The zero-order valence-electron chi connectivity index (χ0n) is 14.6. The predicted octanol–water partition coefficient (Wildman–Crippen LogP) is 4.68. The lowest BCUT2D eigenvalue weighted by Crippen LogP contribution is -2.38. The molecule has 0 saturated carbocycles. The first-order valence-electron chi connectivity index (χ1n) is 9.00. The Morgan fingerprint density at radius 2 is 2.24 bits per heavy atom. The molecule has 3 nitrogen and oxygen atoms in total. The first-order valence-corrected chi connectivity index (χ1v) is 10.4. The van der Waals surface area contributed by atoms with Crippen molar-refractivity contribution in [2.24, 2.45) is 0 Å². The van der Waals surface area contributed by atoms with Gasteiger partial charge in [0.15, 0.2) is 11.5 Å². The number of hydrogen-bond acceptors (Lipinski definition) is 4. The van der Waals surface area contributed by atoms with Gasteiger partial charge in [-0.3, -0.25) is 4.90 Å². The Bertz CT molecular complexity index is 773. The molecule has 134 valence electrons. The maximum absolute atomic E-state index is 10.1. The summed E-state index contributed by atoms with van der Waals surface area (Å²) in [5.74, 6) is 1.65. The fraction of sp³-hybridized carbons (Fsp3) is 0.500. The Kier molecular flexibility index (Phi) is 4.94. The van der Waals surface area contributed by atoms with Crippen molar-refractivity contribution in [2.45, 2.75) is 44.7 Å². The Balaban J connectivity index is 1.61. The second-order valence-electron chi connectivity index (χ2n) is 6.93. The molecule has 0 aliphatic carbocycles. The quantitative estimate of drug-likeness (QED) is 0.606. The first kappa shape index (κ1) is 17.2. The fourth-order valence-corrected chi connectivity index (χ4v) is 5.62. The van der Waals surface area contributed by atoms with E-state index in [0.29, 0.717) is 11.8 Å². The van der Waals surface area contributed by atoms with Gasteiger partial charge in [0, 0.05) is 40.3 Å². The SMILES string of the molecule is COc1c(O)ccc2c1CN1CCc3sc(CCCCCl)cc3C1C2. The molecule has 2 aliphatic rings. The first-order chi connectivity index (χ1) is 12.2. The van der Waals surface area contributed by atoms with E-state index < -0.39 is 0 Å². The van der Waals surface area contributed by atoms with Crippen molar-refractivity contribution in [3.8, 4) is 11.5 Å². The van der Waals surface area contributed by atoms with Crippen LogP contribution in [-0.2, 0) is 25.8 Å². The predicted molar refractivity (Wildman–Crippen MR) is 103 cm³/mol.